The van der Waals surface area contributed by atoms with Gasteiger partial charge in [-0.25, -0.2) is 13.8 Å². The summed E-state index contributed by atoms with van der Waals surface area (Å²) >= 11 is 0. The second-order valence-electron chi connectivity index (χ2n) is 10.9. The van der Waals surface area contributed by atoms with E-state index in [-0.39, 0.29) is 16.9 Å². The fourth-order valence-electron chi connectivity index (χ4n) is 5.00. The van der Waals surface area contributed by atoms with Gasteiger partial charge in [0, 0.05) is 23.4 Å². The normalized spacial score (nSPS) is 11.7. The molecule has 0 radical (unpaired) electrons. The molecule has 0 bridgehead atoms. The predicted molar refractivity (Wildman–Crippen MR) is 155 cm³/mol. The molecule has 0 aliphatic rings. The van der Waals surface area contributed by atoms with E-state index < -0.39 is 11.6 Å². The molecule has 6 rings (SSSR count). The maximum Gasteiger partial charge on any atom is 0.149 e. The highest BCUT2D eigenvalue weighted by molar-refractivity contribution is 5.96. The molecule has 0 fully saturated rings. The first kappa shape index (κ1) is 25.4. The van der Waals surface area contributed by atoms with Crippen LogP contribution in [0.25, 0.3) is 50.5 Å². The zero-order valence-corrected chi connectivity index (χ0v) is 22.4. The second-order valence-corrected chi connectivity index (χ2v) is 10.9. The van der Waals surface area contributed by atoms with Crippen LogP contribution in [0.15, 0.2) is 103 Å². The molecular formula is C34H27F2N3O. The van der Waals surface area contributed by atoms with Crippen molar-refractivity contribution >= 4 is 11.0 Å². The Kier molecular flexibility index (Phi) is 6.18. The Morgan fingerprint density at radius 2 is 1.43 bits per heavy atom. The molecule has 4 aromatic carbocycles. The number of hydrogen-bond donors (Lipinski definition) is 1. The van der Waals surface area contributed by atoms with Crippen molar-refractivity contribution in [1.82, 2.24) is 14.5 Å². The third kappa shape index (κ3) is 4.62. The van der Waals surface area contributed by atoms with Gasteiger partial charge in [0.1, 0.15) is 23.2 Å². The van der Waals surface area contributed by atoms with Crippen LogP contribution in [0.5, 0.6) is 5.75 Å². The third-order valence-corrected chi connectivity index (χ3v) is 7.01. The van der Waals surface area contributed by atoms with Crippen molar-refractivity contribution in [2.45, 2.75) is 26.2 Å². The van der Waals surface area contributed by atoms with Gasteiger partial charge in [-0.2, -0.15) is 0 Å². The molecule has 0 saturated heterocycles. The number of phenols is 1. The van der Waals surface area contributed by atoms with Crippen molar-refractivity contribution in [3.05, 3.63) is 120 Å². The van der Waals surface area contributed by atoms with Crippen LogP contribution in [0.3, 0.4) is 0 Å². The largest absolute Gasteiger partial charge is 0.507 e. The lowest BCUT2D eigenvalue weighted by Gasteiger charge is -2.21. The molecular weight excluding hydrogens is 504 g/mol. The smallest absolute Gasteiger partial charge is 0.149 e. The van der Waals surface area contributed by atoms with Gasteiger partial charge in [0.15, 0.2) is 0 Å². The summed E-state index contributed by atoms with van der Waals surface area (Å²) in [6, 6.07) is 28.2. The molecule has 6 heteroatoms. The summed E-state index contributed by atoms with van der Waals surface area (Å²) in [4.78, 5) is 9.57. The zero-order chi connectivity index (χ0) is 28.0. The van der Waals surface area contributed by atoms with Gasteiger partial charge >= 0.3 is 0 Å². The van der Waals surface area contributed by atoms with Crippen LogP contribution in [-0.2, 0) is 5.41 Å². The molecule has 0 spiro atoms. The summed E-state index contributed by atoms with van der Waals surface area (Å²) in [6.07, 6.45) is 1.78. The van der Waals surface area contributed by atoms with E-state index in [2.05, 4.69) is 44.0 Å². The Morgan fingerprint density at radius 1 is 0.725 bits per heavy atom. The minimum absolute atomic E-state index is 0.0182. The standard InChI is InChI=1S/C34H27F2N3O/c1-34(2,3)23-16-21(15-22(17-23)29-11-6-7-14-37-29)27-10-8-12-30-32(27)38-33(28-9-4-5-13-31(28)40)39(30)26-19-24(35)18-25(36)20-26/h4-20,40H,1-3H3. The van der Waals surface area contributed by atoms with E-state index in [0.717, 1.165) is 34.0 Å². The predicted octanol–water partition coefficient (Wildman–Crippen LogP) is 8.70. The monoisotopic (exact) mass is 531 g/mol. The molecule has 1 N–H and O–H groups in total. The molecule has 0 atom stereocenters. The molecule has 0 amide bonds. The van der Waals surface area contributed by atoms with Crippen molar-refractivity contribution in [3.63, 3.8) is 0 Å². The first-order valence-electron chi connectivity index (χ1n) is 13.0. The van der Waals surface area contributed by atoms with Crippen molar-refractivity contribution in [3.8, 4) is 45.2 Å². The summed E-state index contributed by atoms with van der Waals surface area (Å²) in [6.45, 7) is 6.50. The van der Waals surface area contributed by atoms with Gasteiger partial charge in [-0.1, -0.05) is 57.2 Å². The second kappa shape index (κ2) is 9.72. The molecule has 0 unspecified atom stereocenters. The fourth-order valence-corrected chi connectivity index (χ4v) is 5.00. The molecule has 4 nitrogen and oxygen atoms in total. The molecule has 6 aromatic rings. The molecule has 40 heavy (non-hydrogen) atoms. The van der Waals surface area contributed by atoms with Crippen LogP contribution < -0.4 is 0 Å². The molecule has 0 saturated carbocycles. The maximum atomic E-state index is 14.4. The SMILES string of the molecule is CC(C)(C)c1cc(-c2ccccn2)cc(-c2cccc3c2nc(-c2ccccc2O)n3-c2cc(F)cc(F)c2)c1. The highest BCUT2D eigenvalue weighted by Crippen LogP contribution is 2.39. The van der Waals surface area contributed by atoms with Crippen molar-refractivity contribution in [2.24, 2.45) is 0 Å². The summed E-state index contributed by atoms with van der Waals surface area (Å²) in [7, 11) is 0. The van der Waals surface area contributed by atoms with E-state index in [4.69, 9.17) is 4.98 Å². The first-order chi connectivity index (χ1) is 19.2. The number of halogens is 2. The third-order valence-electron chi connectivity index (χ3n) is 7.01. The van der Waals surface area contributed by atoms with E-state index >= 15 is 0 Å². The number of para-hydroxylation sites is 2. The molecule has 0 aliphatic heterocycles. The van der Waals surface area contributed by atoms with Crippen LogP contribution in [0.1, 0.15) is 26.3 Å². The van der Waals surface area contributed by atoms with E-state index in [9.17, 15) is 13.9 Å². The zero-order valence-electron chi connectivity index (χ0n) is 22.4. The Balaban J connectivity index is 1.67. The van der Waals surface area contributed by atoms with Crippen LogP contribution in [-0.4, -0.2) is 19.6 Å². The number of fused-ring (bicyclic) bond motifs is 1. The van der Waals surface area contributed by atoms with Gasteiger partial charge in [0.25, 0.3) is 0 Å². The van der Waals surface area contributed by atoms with Crippen LogP contribution in [0, 0.1) is 11.6 Å². The minimum atomic E-state index is -0.700. The lowest BCUT2D eigenvalue weighted by atomic mass is 9.83. The van der Waals surface area contributed by atoms with Gasteiger partial charge in [-0.3, -0.25) is 9.55 Å². The van der Waals surface area contributed by atoms with Gasteiger partial charge in [0.05, 0.1) is 28.0 Å². The van der Waals surface area contributed by atoms with E-state index in [0.29, 0.717) is 22.4 Å². The average Bonchev–Trinajstić information content (AvgIpc) is 3.32. The number of hydrogen-bond acceptors (Lipinski definition) is 3. The van der Waals surface area contributed by atoms with Crippen molar-refractivity contribution in [1.29, 1.82) is 0 Å². The molecule has 2 heterocycles. The van der Waals surface area contributed by atoms with E-state index in [1.807, 2.05) is 36.4 Å². The summed E-state index contributed by atoms with van der Waals surface area (Å²) in [5.41, 5.74) is 6.66. The number of aromatic nitrogens is 3. The number of aromatic hydroxyl groups is 1. The average molecular weight is 532 g/mol. The van der Waals surface area contributed by atoms with Crippen molar-refractivity contribution < 1.29 is 13.9 Å². The van der Waals surface area contributed by atoms with Gasteiger partial charge in [0.2, 0.25) is 0 Å². The maximum absolute atomic E-state index is 14.4. The number of nitrogens with zero attached hydrogens (tertiary/aromatic N) is 3. The molecule has 0 aliphatic carbocycles. The Hall–Kier alpha value is -4.84. The molecule has 198 valence electrons. The Labute approximate surface area is 231 Å². The number of rotatable bonds is 4. The Bertz CT molecular complexity index is 1850. The van der Waals surface area contributed by atoms with Crippen LogP contribution in [0.2, 0.25) is 0 Å². The number of pyridine rings is 1. The highest BCUT2D eigenvalue weighted by atomic mass is 19.1. The van der Waals surface area contributed by atoms with Crippen LogP contribution in [0.4, 0.5) is 8.78 Å². The van der Waals surface area contributed by atoms with Gasteiger partial charge in [-0.05, 0) is 71.1 Å². The summed E-state index contributed by atoms with van der Waals surface area (Å²) in [5.74, 6) is -1.00. The van der Waals surface area contributed by atoms with E-state index in [1.165, 1.54) is 12.1 Å². The summed E-state index contributed by atoms with van der Waals surface area (Å²) < 4.78 is 30.5. The minimum Gasteiger partial charge on any atom is -0.507 e. The van der Waals surface area contributed by atoms with Crippen molar-refractivity contribution in [2.75, 3.05) is 0 Å². The number of imidazole rings is 1. The lowest BCUT2D eigenvalue weighted by Crippen LogP contribution is -2.11. The number of phenolic OH excluding ortho intramolecular Hbond substituents is 1. The van der Waals surface area contributed by atoms with Gasteiger partial charge < -0.3 is 5.11 Å². The lowest BCUT2D eigenvalue weighted by molar-refractivity contribution is 0.477. The van der Waals surface area contributed by atoms with E-state index in [1.54, 1.807) is 35.0 Å². The fraction of sp³-hybridized carbons (Fsp3) is 0.118. The summed E-state index contributed by atoms with van der Waals surface area (Å²) in [5, 5.41) is 10.7. The number of benzene rings is 4. The Morgan fingerprint density at radius 3 is 2.12 bits per heavy atom. The quantitative estimate of drug-likeness (QED) is 0.248. The topological polar surface area (TPSA) is 50.9 Å². The molecule has 2 aromatic heterocycles. The van der Waals surface area contributed by atoms with Crippen LogP contribution >= 0.6 is 0 Å². The highest BCUT2D eigenvalue weighted by Gasteiger charge is 2.22. The first-order valence-corrected chi connectivity index (χ1v) is 13.0. The van der Waals surface area contributed by atoms with Gasteiger partial charge in [-0.15, -0.1) is 0 Å².